The van der Waals surface area contributed by atoms with E-state index >= 15 is 0 Å². The number of ether oxygens (including phenoxy) is 1. The Morgan fingerprint density at radius 2 is 1.80 bits per heavy atom. The molecule has 0 heterocycles. The Balaban J connectivity index is -0.000000653. The van der Waals surface area contributed by atoms with Crippen molar-refractivity contribution in [3.63, 3.8) is 0 Å². The van der Waals surface area contributed by atoms with Crippen molar-refractivity contribution in [3.05, 3.63) is 27.2 Å². The molecule has 0 radical (unpaired) electrons. The normalized spacial score (nSPS) is 9.27. The van der Waals surface area contributed by atoms with E-state index < -0.39 is 12.6 Å². The van der Waals surface area contributed by atoms with E-state index in [1.165, 1.54) is 12.1 Å². The van der Waals surface area contributed by atoms with E-state index in [0.717, 1.165) is 0 Å². The number of benzene rings is 1. The molecule has 0 aliphatic carbocycles. The molecule has 0 spiro atoms. The predicted octanol–water partition coefficient (Wildman–Crippen LogP) is 2.95. The molecule has 80 valence electrons. The molecule has 0 aromatic heterocycles. The summed E-state index contributed by atoms with van der Waals surface area (Å²) < 4.78 is 4.86. The number of aliphatic carboxylic acids is 1. The third-order valence-electron chi connectivity index (χ3n) is 1.33. The van der Waals surface area contributed by atoms with Crippen LogP contribution in [0.2, 0.25) is 15.1 Å². The van der Waals surface area contributed by atoms with Gasteiger partial charge in [0.1, 0.15) is 5.75 Å². The summed E-state index contributed by atoms with van der Waals surface area (Å²) in [5.41, 5.74) is 0. The summed E-state index contributed by atoms with van der Waals surface area (Å²) in [4.78, 5) is 10.2. The van der Waals surface area contributed by atoms with Gasteiger partial charge in [0.2, 0.25) is 0 Å². The zero-order chi connectivity index (χ0) is 10.7. The van der Waals surface area contributed by atoms with E-state index in [0.29, 0.717) is 5.02 Å². The van der Waals surface area contributed by atoms with E-state index in [-0.39, 0.29) is 56.4 Å². The molecule has 15 heavy (non-hydrogen) atoms. The van der Waals surface area contributed by atoms with Crippen LogP contribution < -0.4 is 4.74 Å². The fourth-order valence-electron chi connectivity index (χ4n) is 0.754. The average Bonchev–Trinajstić information content (AvgIpc) is 2.09. The summed E-state index contributed by atoms with van der Waals surface area (Å²) in [5, 5.41) is 9.14. The number of carboxylic acid groups (broad SMARTS) is 1. The monoisotopic (exact) mass is 296 g/mol. The zero-order valence-corrected chi connectivity index (χ0v) is 11.9. The Hall–Kier alpha value is 0.620. The van der Waals surface area contributed by atoms with Crippen LogP contribution in [0.5, 0.6) is 5.75 Å². The summed E-state index contributed by atoms with van der Waals surface area (Å²) >= 11 is 17.1. The van der Waals surface area contributed by atoms with E-state index in [1.54, 1.807) is 0 Å². The minimum atomic E-state index is -1.09. The Labute approximate surface area is 134 Å². The van der Waals surface area contributed by atoms with Crippen molar-refractivity contribution >= 4 is 78.5 Å². The number of hydrogen-bond donors (Lipinski definition) is 1. The maximum absolute atomic E-state index is 10.2. The molecule has 0 fully saturated rings. The van der Waals surface area contributed by atoms with Crippen LogP contribution in [0.4, 0.5) is 0 Å². The van der Waals surface area contributed by atoms with Crippen molar-refractivity contribution < 1.29 is 17.5 Å². The molecule has 0 bridgehead atoms. The molecule has 0 amide bonds. The van der Waals surface area contributed by atoms with Crippen molar-refractivity contribution in [2.75, 3.05) is 6.61 Å². The summed E-state index contributed by atoms with van der Waals surface area (Å²) in [6, 6.07) is 2.76. The van der Waals surface area contributed by atoms with E-state index in [4.69, 9.17) is 44.6 Å². The first-order chi connectivity index (χ1) is 6.50. The fourth-order valence-corrected chi connectivity index (χ4v) is 1.35. The third kappa shape index (κ3) is 4.98. The molecule has 0 aliphatic rings. The summed E-state index contributed by atoms with van der Waals surface area (Å²) in [7, 11) is 0. The van der Waals surface area contributed by atoms with Gasteiger partial charge >= 0.3 is 43.7 Å². The van der Waals surface area contributed by atoms with Crippen LogP contribution in [0.1, 0.15) is 2.85 Å². The molecule has 1 aromatic carbocycles. The van der Waals surface area contributed by atoms with E-state index in [9.17, 15) is 4.79 Å². The first kappa shape index (κ1) is 15.6. The molecule has 1 rings (SSSR count). The second kappa shape index (κ2) is 7.05. The van der Waals surface area contributed by atoms with Crippen LogP contribution >= 0.6 is 34.8 Å². The zero-order valence-electron chi connectivity index (χ0n) is 9.47. The predicted molar refractivity (Wildman–Crippen MR) is 62.6 cm³/mol. The quantitative estimate of drug-likeness (QED) is 0.689. The summed E-state index contributed by atoms with van der Waals surface area (Å²) in [6.45, 7) is -0.475. The Bertz CT molecular complexity index is 379. The van der Waals surface area contributed by atoms with Gasteiger partial charge in [0, 0.05) is 6.07 Å². The second-order valence-corrected chi connectivity index (χ2v) is 3.60. The Morgan fingerprint density at radius 3 is 2.33 bits per heavy atom. The van der Waals surface area contributed by atoms with Crippen LogP contribution in [0.15, 0.2) is 12.1 Å². The Kier molecular flexibility index (Phi) is 7.34. The van der Waals surface area contributed by atoms with E-state index in [1.807, 2.05) is 0 Å². The van der Waals surface area contributed by atoms with Gasteiger partial charge in [-0.05, 0) is 6.07 Å². The van der Waals surface area contributed by atoms with Crippen LogP contribution in [0.25, 0.3) is 0 Å². The summed E-state index contributed by atoms with van der Waals surface area (Å²) in [5.74, 6) is -0.893. The van der Waals surface area contributed by atoms with Crippen LogP contribution in [-0.2, 0) is 4.79 Å². The Morgan fingerprint density at radius 1 is 1.27 bits per heavy atom. The first-order valence-corrected chi connectivity index (χ1v) is 4.63. The standard InChI is InChI=1S/C8H5Cl3O3.Ca.2H/c9-4-1-6(11)7(2-5(4)10)14-3-8(12)13;;;/h1-2H,3H2,(H,12,13);;;/q;+2;2*-1. The van der Waals surface area contributed by atoms with Gasteiger partial charge in [-0.25, -0.2) is 4.79 Å². The summed E-state index contributed by atoms with van der Waals surface area (Å²) in [6.07, 6.45) is 0. The van der Waals surface area contributed by atoms with Crippen molar-refractivity contribution in [2.45, 2.75) is 0 Å². The second-order valence-electron chi connectivity index (χ2n) is 2.38. The van der Waals surface area contributed by atoms with Gasteiger partial charge in [-0.15, -0.1) is 0 Å². The average molecular weight is 298 g/mol. The molecule has 1 aromatic rings. The molecule has 0 saturated carbocycles. The molecule has 1 N–H and O–H groups in total. The first-order valence-electron chi connectivity index (χ1n) is 3.50. The van der Waals surface area contributed by atoms with Gasteiger partial charge in [-0.1, -0.05) is 34.8 Å². The van der Waals surface area contributed by atoms with Crippen molar-refractivity contribution in [1.82, 2.24) is 0 Å². The molecular weight excluding hydrogens is 291 g/mol. The van der Waals surface area contributed by atoms with Crippen LogP contribution in [0.3, 0.4) is 0 Å². The van der Waals surface area contributed by atoms with Gasteiger partial charge < -0.3 is 12.7 Å². The SMILES string of the molecule is O=C(O)COc1cc(Cl)c(Cl)cc1Cl.[Ca+2].[H-].[H-]. The molecule has 0 atom stereocenters. The number of carbonyl (C=O) groups is 1. The van der Waals surface area contributed by atoms with E-state index in [2.05, 4.69) is 0 Å². The van der Waals surface area contributed by atoms with Crippen LogP contribution in [-0.4, -0.2) is 55.4 Å². The molecule has 0 saturated heterocycles. The van der Waals surface area contributed by atoms with Gasteiger partial charge in [0.05, 0.1) is 15.1 Å². The number of halogens is 3. The maximum atomic E-state index is 10.2. The largest absolute Gasteiger partial charge is 2.00 e. The number of rotatable bonds is 3. The number of carboxylic acids is 1. The maximum Gasteiger partial charge on any atom is 2.00 e. The van der Waals surface area contributed by atoms with Crippen LogP contribution in [0, 0.1) is 0 Å². The van der Waals surface area contributed by atoms with Gasteiger partial charge in [-0.3, -0.25) is 0 Å². The van der Waals surface area contributed by atoms with Crippen molar-refractivity contribution in [2.24, 2.45) is 0 Å². The fraction of sp³-hybridized carbons (Fsp3) is 0.125. The minimum Gasteiger partial charge on any atom is -1.00 e. The van der Waals surface area contributed by atoms with Gasteiger partial charge in [0.25, 0.3) is 0 Å². The van der Waals surface area contributed by atoms with Gasteiger partial charge in [0.15, 0.2) is 6.61 Å². The van der Waals surface area contributed by atoms with Crippen molar-refractivity contribution in [1.29, 1.82) is 0 Å². The molecule has 7 heteroatoms. The molecule has 3 nitrogen and oxygen atoms in total. The molecule has 0 aliphatic heterocycles. The molecule has 0 unspecified atom stereocenters. The van der Waals surface area contributed by atoms with Crippen molar-refractivity contribution in [3.8, 4) is 5.75 Å². The minimum absolute atomic E-state index is 0. The number of hydrogen-bond acceptors (Lipinski definition) is 2. The topological polar surface area (TPSA) is 46.5 Å². The third-order valence-corrected chi connectivity index (χ3v) is 2.34. The van der Waals surface area contributed by atoms with Gasteiger partial charge in [-0.2, -0.15) is 0 Å². The smallest absolute Gasteiger partial charge is 1.00 e. The molecular formula is C8H7CaCl3O3.